The molecular weight excluding hydrogens is 362 g/mol. The number of piperazine rings is 1. The minimum atomic E-state index is -0.0971. The molecule has 4 heterocycles. The Hall–Kier alpha value is -2.65. The van der Waals surface area contributed by atoms with Crippen LogP contribution >= 0.6 is 11.3 Å². The molecule has 138 valence electrons. The highest BCUT2D eigenvalue weighted by Gasteiger charge is 2.43. The number of hydrogen-bond donors (Lipinski definition) is 1. The molecule has 9 heteroatoms. The van der Waals surface area contributed by atoms with Crippen LogP contribution in [-0.2, 0) is 0 Å². The Balaban J connectivity index is 1.38. The predicted octanol–water partition coefficient (Wildman–Crippen LogP) is 2.38. The minimum Gasteiger partial charge on any atom is -0.319 e. The first-order valence-electron chi connectivity index (χ1n) is 8.92. The van der Waals surface area contributed by atoms with E-state index in [0.29, 0.717) is 17.9 Å². The smallest absolute Gasteiger partial charge is 0.319 e. The topological polar surface area (TPSA) is 87.1 Å². The number of rotatable bonds is 2. The number of fused-ring (bicyclic) bond motifs is 3. The number of hydrogen-bond acceptors (Lipinski definition) is 7. The van der Waals surface area contributed by atoms with Crippen molar-refractivity contribution in [1.82, 2.24) is 30.2 Å². The fourth-order valence-electron chi connectivity index (χ4n) is 3.95. The van der Waals surface area contributed by atoms with Crippen molar-refractivity contribution in [3.63, 3.8) is 0 Å². The van der Waals surface area contributed by atoms with E-state index in [1.54, 1.807) is 11.3 Å². The van der Waals surface area contributed by atoms with Crippen molar-refractivity contribution < 1.29 is 4.79 Å². The molecule has 0 radical (unpaired) electrons. The summed E-state index contributed by atoms with van der Waals surface area (Å²) in [5, 5.41) is 22.3. The largest absolute Gasteiger partial charge is 0.323 e. The number of nitrogens with zero attached hydrogens (tertiary/aromatic N) is 6. The van der Waals surface area contributed by atoms with Crippen LogP contribution in [0.1, 0.15) is 11.4 Å². The molecular formula is C18H19N7OS. The molecule has 5 rings (SSSR count). The first kappa shape index (κ1) is 16.5. The van der Waals surface area contributed by atoms with Gasteiger partial charge in [0.15, 0.2) is 5.82 Å². The third-order valence-corrected chi connectivity index (χ3v) is 6.26. The summed E-state index contributed by atoms with van der Waals surface area (Å²) in [4.78, 5) is 16.9. The molecule has 8 nitrogen and oxygen atoms in total. The first-order chi connectivity index (χ1) is 13.1. The second-order valence-electron chi connectivity index (χ2n) is 7.19. The molecule has 2 saturated heterocycles. The molecule has 1 N–H and O–H groups in total. The van der Waals surface area contributed by atoms with Gasteiger partial charge in [0, 0.05) is 36.1 Å². The Morgan fingerprint density at radius 2 is 2.04 bits per heavy atom. The molecule has 2 atom stereocenters. The number of nitrogens with one attached hydrogen (secondary N) is 1. The molecule has 2 aromatic heterocycles. The van der Waals surface area contributed by atoms with Crippen molar-refractivity contribution in [2.24, 2.45) is 0 Å². The zero-order valence-corrected chi connectivity index (χ0v) is 15.9. The number of urea groups is 1. The van der Waals surface area contributed by atoms with Crippen molar-refractivity contribution in [2.75, 3.05) is 25.5 Å². The van der Waals surface area contributed by atoms with Crippen LogP contribution in [0.2, 0.25) is 0 Å². The van der Waals surface area contributed by atoms with Crippen molar-refractivity contribution in [1.29, 1.82) is 0 Å². The molecule has 2 aliphatic heterocycles. The molecule has 2 amide bonds. The lowest BCUT2D eigenvalue weighted by atomic mass is 10.1. The Bertz CT molecular complexity index is 1030. The third kappa shape index (κ3) is 2.92. The first-order valence-corrected chi connectivity index (χ1v) is 9.74. The number of anilines is 1. The van der Waals surface area contributed by atoms with Gasteiger partial charge < -0.3 is 4.90 Å². The van der Waals surface area contributed by atoms with Crippen molar-refractivity contribution in [2.45, 2.75) is 25.4 Å². The van der Waals surface area contributed by atoms with Crippen LogP contribution in [0.5, 0.6) is 0 Å². The van der Waals surface area contributed by atoms with Crippen LogP contribution in [0.4, 0.5) is 10.6 Å². The number of likely N-dealkylation sites (tertiary alicyclic amines) is 2. The second-order valence-corrected chi connectivity index (χ2v) is 8.38. The number of aryl methyl sites for hydroxylation is 1. The monoisotopic (exact) mass is 381 g/mol. The summed E-state index contributed by atoms with van der Waals surface area (Å²) in [5.74, 6) is 0.467. The maximum absolute atomic E-state index is 12.7. The van der Waals surface area contributed by atoms with Gasteiger partial charge in [-0.05, 0) is 44.7 Å². The van der Waals surface area contributed by atoms with Crippen molar-refractivity contribution in [3.05, 3.63) is 29.3 Å². The molecule has 0 spiro atoms. The quantitative estimate of drug-likeness (QED) is 0.733. The van der Waals surface area contributed by atoms with Crippen LogP contribution in [-0.4, -0.2) is 68.4 Å². The molecule has 0 unspecified atom stereocenters. The standard InChI is InChI=1S/C18H19N7OS/c1-10-20-23-17(27-10)11-3-4-15-12(5-11)6-16(22-21-15)19-18(26)25-9-13-7-14(25)8-24(13)2/h3-6,13-14H,7-9H2,1-2H3,(H,19,22,26)/t13-,14-/m0/s1. The van der Waals surface area contributed by atoms with Crippen LogP contribution < -0.4 is 5.32 Å². The molecule has 0 saturated carbocycles. The number of carbonyl (C=O) groups excluding carboxylic acids is 1. The summed E-state index contributed by atoms with van der Waals surface area (Å²) >= 11 is 1.55. The number of benzene rings is 1. The summed E-state index contributed by atoms with van der Waals surface area (Å²) in [6.07, 6.45) is 1.05. The summed E-state index contributed by atoms with van der Waals surface area (Å²) in [7, 11) is 2.12. The summed E-state index contributed by atoms with van der Waals surface area (Å²) in [6, 6.07) is 8.41. The maximum Gasteiger partial charge on any atom is 0.323 e. The van der Waals surface area contributed by atoms with Crippen LogP contribution in [0.15, 0.2) is 24.3 Å². The van der Waals surface area contributed by atoms with Crippen LogP contribution in [0.25, 0.3) is 21.5 Å². The molecule has 1 aromatic carbocycles. The van der Waals surface area contributed by atoms with E-state index in [4.69, 9.17) is 0 Å². The zero-order chi connectivity index (χ0) is 18.5. The molecule has 2 bridgehead atoms. The number of likely N-dealkylation sites (N-methyl/N-ethyl adjacent to an activating group) is 1. The maximum atomic E-state index is 12.7. The van der Waals surface area contributed by atoms with Gasteiger partial charge in [0.05, 0.1) is 5.52 Å². The third-order valence-electron chi connectivity index (χ3n) is 5.37. The van der Waals surface area contributed by atoms with Gasteiger partial charge in [0.2, 0.25) is 0 Å². The highest BCUT2D eigenvalue weighted by molar-refractivity contribution is 7.14. The Kier molecular flexibility index (Phi) is 3.80. The van der Waals surface area contributed by atoms with Crippen molar-refractivity contribution >= 4 is 34.1 Å². The van der Waals surface area contributed by atoms with Gasteiger partial charge in [-0.1, -0.05) is 11.3 Å². The summed E-state index contributed by atoms with van der Waals surface area (Å²) in [6.45, 7) is 3.64. The highest BCUT2D eigenvalue weighted by atomic mass is 32.1. The highest BCUT2D eigenvalue weighted by Crippen LogP contribution is 2.30. The van der Waals surface area contributed by atoms with E-state index >= 15 is 0 Å². The van der Waals surface area contributed by atoms with E-state index in [1.165, 1.54) is 0 Å². The Labute approximate surface area is 160 Å². The Morgan fingerprint density at radius 3 is 2.74 bits per heavy atom. The van der Waals surface area contributed by atoms with Gasteiger partial charge in [-0.3, -0.25) is 10.2 Å². The van der Waals surface area contributed by atoms with Gasteiger partial charge in [-0.15, -0.1) is 20.4 Å². The van der Waals surface area contributed by atoms with Crippen molar-refractivity contribution in [3.8, 4) is 10.6 Å². The number of amides is 2. The lowest BCUT2D eigenvalue weighted by Crippen LogP contribution is -2.48. The van der Waals surface area contributed by atoms with E-state index in [0.717, 1.165) is 46.0 Å². The fraction of sp³-hybridized carbons (Fsp3) is 0.389. The molecule has 2 aliphatic rings. The zero-order valence-electron chi connectivity index (χ0n) is 15.1. The van der Waals surface area contributed by atoms with E-state index in [9.17, 15) is 4.79 Å². The van der Waals surface area contributed by atoms with Crippen LogP contribution in [0.3, 0.4) is 0 Å². The average Bonchev–Trinajstić information content (AvgIpc) is 3.36. The Morgan fingerprint density at radius 1 is 1.15 bits per heavy atom. The molecule has 0 aliphatic carbocycles. The van der Waals surface area contributed by atoms with Crippen LogP contribution in [0, 0.1) is 6.92 Å². The molecule has 2 fully saturated rings. The van der Waals surface area contributed by atoms with Gasteiger partial charge in [0.1, 0.15) is 10.0 Å². The summed E-state index contributed by atoms with van der Waals surface area (Å²) < 4.78 is 0. The van der Waals surface area contributed by atoms with E-state index < -0.39 is 0 Å². The van der Waals surface area contributed by atoms with Gasteiger partial charge in [-0.2, -0.15) is 0 Å². The fourth-order valence-corrected chi connectivity index (χ4v) is 4.64. The van der Waals surface area contributed by atoms with E-state index in [2.05, 4.69) is 37.7 Å². The SMILES string of the molecule is Cc1nnc(-c2ccc3nnc(NC(=O)N4C[C@@H]5C[C@H]4CN5C)cc3c2)s1. The minimum absolute atomic E-state index is 0.0971. The van der Waals surface area contributed by atoms with E-state index in [-0.39, 0.29) is 6.03 Å². The molecule has 3 aromatic rings. The lowest BCUT2D eigenvalue weighted by molar-refractivity contribution is 0.161. The predicted molar refractivity (Wildman–Crippen MR) is 104 cm³/mol. The number of carbonyl (C=O) groups is 1. The molecule has 27 heavy (non-hydrogen) atoms. The number of aromatic nitrogens is 4. The van der Waals surface area contributed by atoms with E-state index in [1.807, 2.05) is 36.1 Å². The van der Waals surface area contributed by atoms with Gasteiger partial charge in [-0.25, -0.2) is 4.79 Å². The normalized spacial score (nSPS) is 21.9. The average molecular weight is 381 g/mol. The summed E-state index contributed by atoms with van der Waals surface area (Å²) in [5.41, 5.74) is 1.76. The lowest BCUT2D eigenvalue weighted by Gasteiger charge is -2.31. The second kappa shape index (κ2) is 6.21. The van der Waals surface area contributed by atoms with Gasteiger partial charge >= 0.3 is 6.03 Å². The van der Waals surface area contributed by atoms with Gasteiger partial charge in [0.25, 0.3) is 0 Å².